The lowest BCUT2D eigenvalue weighted by Crippen LogP contribution is -2.40. The third-order valence-corrected chi connectivity index (χ3v) is 8.52. The maximum absolute atomic E-state index is 12.2. The average Bonchev–Trinajstić information content (AvgIpc) is 3.55. The Kier molecular flexibility index (Phi) is 6.21. The summed E-state index contributed by atoms with van der Waals surface area (Å²) in [5, 5.41) is 12.0. The van der Waals surface area contributed by atoms with Gasteiger partial charge in [0.25, 0.3) is 0 Å². The minimum atomic E-state index is -0.283. The largest absolute Gasteiger partial charge is 0.456 e. The number of hydrogen-bond donors (Lipinski definition) is 0. The summed E-state index contributed by atoms with van der Waals surface area (Å²) in [6.45, 7) is 6.70. The second kappa shape index (κ2) is 9.18. The number of ether oxygens (including phenoxy) is 1. The van der Waals surface area contributed by atoms with Crippen molar-refractivity contribution in [3.63, 3.8) is 0 Å². The Labute approximate surface area is 206 Å². The SMILES string of the molecule is CC1=C(N(C)CC[C@]2(C=O)CC[C@@H](N(C)Cc3ccc4c(c3C)Cn3nnnc3-4)CC2)COC1=O. The van der Waals surface area contributed by atoms with Crippen LogP contribution in [0.3, 0.4) is 0 Å². The molecule has 1 saturated carbocycles. The summed E-state index contributed by atoms with van der Waals surface area (Å²) in [6, 6.07) is 4.81. The van der Waals surface area contributed by atoms with Crippen LogP contribution in [0.5, 0.6) is 0 Å². The molecule has 1 fully saturated rings. The summed E-state index contributed by atoms with van der Waals surface area (Å²) in [4.78, 5) is 28.4. The lowest BCUT2D eigenvalue weighted by Gasteiger charge is -2.40. The average molecular weight is 479 g/mol. The van der Waals surface area contributed by atoms with E-state index in [0.717, 1.165) is 68.8 Å². The van der Waals surface area contributed by atoms with Crippen molar-refractivity contribution in [1.29, 1.82) is 0 Å². The Bertz CT molecular complexity index is 1180. The van der Waals surface area contributed by atoms with Gasteiger partial charge in [-0.05, 0) is 80.1 Å². The van der Waals surface area contributed by atoms with E-state index in [4.69, 9.17) is 4.74 Å². The van der Waals surface area contributed by atoms with Gasteiger partial charge in [-0.1, -0.05) is 12.1 Å². The molecule has 9 heteroatoms. The second-order valence-electron chi connectivity index (χ2n) is 10.5. The highest BCUT2D eigenvalue weighted by molar-refractivity contribution is 5.90. The summed E-state index contributed by atoms with van der Waals surface area (Å²) in [7, 11) is 4.18. The van der Waals surface area contributed by atoms with Crippen LogP contribution in [0.25, 0.3) is 11.4 Å². The van der Waals surface area contributed by atoms with E-state index in [1.807, 2.05) is 18.7 Å². The summed E-state index contributed by atoms with van der Waals surface area (Å²) in [5.41, 5.74) is 6.39. The van der Waals surface area contributed by atoms with Crippen LogP contribution in [-0.4, -0.2) is 75.6 Å². The molecule has 186 valence electrons. The monoisotopic (exact) mass is 478 g/mol. The van der Waals surface area contributed by atoms with Crippen molar-refractivity contribution in [3.8, 4) is 11.4 Å². The Morgan fingerprint density at radius 2 is 2.00 bits per heavy atom. The number of likely N-dealkylation sites (N-methyl/N-ethyl adjacent to an activating group) is 1. The van der Waals surface area contributed by atoms with Gasteiger partial charge in [-0.3, -0.25) is 4.90 Å². The number of aromatic nitrogens is 4. The van der Waals surface area contributed by atoms with E-state index in [-0.39, 0.29) is 11.4 Å². The first kappa shape index (κ1) is 23.7. The van der Waals surface area contributed by atoms with E-state index in [0.29, 0.717) is 18.2 Å². The first-order chi connectivity index (χ1) is 16.8. The fourth-order valence-corrected chi connectivity index (χ4v) is 5.88. The van der Waals surface area contributed by atoms with E-state index in [1.165, 1.54) is 23.0 Å². The van der Waals surface area contributed by atoms with Gasteiger partial charge in [0.15, 0.2) is 5.82 Å². The summed E-state index contributed by atoms with van der Waals surface area (Å²) >= 11 is 0. The van der Waals surface area contributed by atoms with Crippen molar-refractivity contribution in [3.05, 3.63) is 40.1 Å². The van der Waals surface area contributed by atoms with Gasteiger partial charge in [0, 0.05) is 37.2 Å². The van der Waals surface area contributed by atoms with Gasteiger partial charge < -0.3 is 14.4 Å². The third kappa shape index (κ3) is 4.26. The maximum Gasteiger partial charge on any atom is 0.335 e. The van der Waals surface area contributed by atoms with Crippen LogP contribution < -0.4 is 0 Å². The van der Waals surface area contributed by atoms with Gasteiger partial charge in [-0.2, -0.15) is 0 Å². The molecule has 5 rings (SSSR count). The lowest BCUT2D eigenvalue weighted by atomic mass is 9.71. The highest BCUT2D eigenvalue weighted by atomic mass is 16.5. The zero-order valence-corrected chi connectivity index (χ0v) is 21.1. The molecule has 1 aromatic heterocycles. The van der Waals surface area contributed by atoms with Gasteiger partial charge in [-0.25, -0.2) is 9.48 Å². The van der Waals surface area contributed by atoms with Crippen LogP contribution in [0.1, 0.15) is 55.7 Å². The number of rotatable bonds is 8. The van der Waals surface area contributed by atoms with Crippen molar-refractivity contribution in [1.82, 2.24) is 30.0 Å². The number of esters is 1. The van der Waals surface area contributed by atoms with Crippen LogP contribution in [0.2, 0.25) is 0 Å². The Morgan fingerprint density at radius 3 is 2.69 bits per heavy atom. The summed E-state index contributed by atoms with van der Waals surface area (Å²) in [5.74, 6) is 0.614. The zero-order valence-electron chi connectivity index (χ0n) is 21.1. The van der Waals surface area contributed by atoms with Crippen molar-refractivity contribution in [2.75, 3.05) is 27.2 Å². The molecule has 0 amide bonds. The predicted molar refractivity (Wildman–Crippen MR) is 130 cm³/mol. The molecule has 0 radical (unpaired) electrons. The summed E-state index contributed by atoms with van der Waals surface area (Å²) < 4.78 is 7.00. The van der Waals surface area contributed by atoms with Gasteiger partial charge in [-0.15, -0.1) is 5.10 Å². The van der Waals surface area contributed by atoms with E-state index in [2.05, 4.69) is 51.4 Å². The van der Waals surface area contributed by atoms with Crippen LogP contribution in [0.4, 0.5) is 0 Å². The smallest absolute Gasteiger partial charge is 0.335 e. The standard InChI is InChI=1S/C26H34N6O3/c1-17-19(5-6-21-22(17)14-32-24(21)27-28-29-32)13-31(4)20-7-9-26(16-33,10-8-20)11-12-30(3)23-15-35-25(34)18(23)2/h5-6,16,20H,7-15H2,1-4H3/t20-,26+. The van der Waals surface area contributed by atoms with Crippen LogP contribution in [0.15, 0.2) is 23.4 Å². The molecular formula is C26H34N6O3. The maximum atomic E-state index is 12.2. The first-order valence-electron chi connectivity index (χ1n) is 12.4. The molecule has 35 heavy (non-hydrogen) atoms. The molecule has 3 heterocycles. The number of nitrogens with zero attached hydrogens (tertiary/aromatic N) is 6. The molecule has 1 aromatic carbocycles. The van der Waals surface area contributed by atoms with Crippen molar-refractivity contribution in [2.45, 2.75) is 65.1 Å². The van der Waals surface area contributed by atoms with Crippen LogP contribution >= 0.6 is 0 Å². The zero-order chi connectivity index (χ0) is 24.7. The molecular weight excluding hydrogens is 444 g/mol. The second-order valence-corrected chi connectivity index (χ2v) is 10.5. The lowest BCUT2D eigenvalue weighted by molar-refractivity contribution is -0.136. The molecule has 2 aromatic rings. The molecule has 3 aliphatic rings. The molecule has 0 N–H and O–H groups in total. The Balaban J connectivity index is 1.18. The highest BCUT2D eigenvalue weighted by Crippen LogP contribution is 2.40. The molecule has 9 nitrogen and oxygen atoms in total. The molecule has 0 unspecified atom stereocenters. The number of aldehydes is 1. The fourth-order valence-electron chi connectivity index (χ4n) is 5.88. The number of benzene rings is 1. The first-order valence-corrected chi connectivity index (χ1v) is 12.4. The quantitative estimate of drug-likeness (QED) is 0.360. The topological polar surface area (TPSA) is 93.5 Å². The minimum Gasteiger partial charge on any atom is -0.456 e. The third-order valence-electron chi connectivity index (χ3n) is 8.52. The van der Waals surface area contributed by atoms with E-state index in [9.17, 15) is 9.59 Å². The number of hydrogen-bond acceptors (Lipinski definition) is 8. The Morgan fingerprint density at radius 1 is 1.23 bits per heavy atom. The van der Waals surface area contributed by atoms with Gasteiger partial charge >= 0.3 is 5.97 Å². The number of cyclic esters (lactones) is 1. The minimum absolute atomic E-state index is 0.237. The number of fused-ring (bicyclic) bond motifs is 3. The molecule has 0 spiro atoms. The predicted octanol–water partition coefficient (Wildman–Crippen LogP) is 2.72. The van der Waals surface area contributed by atoms with Gasteiger partial charge in [0.05, 0.1) is 17.8 Å². The number of carbonyl (C=O) groups excluding carboxylic acids is 2. The van der Waals surface area contributed by atoms with Crippen molar-refractivity contribution < 1.29 is 14.3 Å². The van der Waals surface area contributed by atoms with E-state index < -0.39 is 0 Å². The molecule has 0 atom stereocenters. The Hall–Kier alpha value is -3.07. The molecule has 0 saturated heterocycles. The number of carbonyl (C=O) groups is 2. The normalized spacial score (nSPS) is 23.5. The van der Waals surface area contributed by atoms with Gasteiger partial charge in [0.1, 0.15) is 12.9 Å². The van der Waals surface area contributed by atoms with Crippen LogP contribution in [0, 0.1) is 12.3 Å². The fraction of sp³-hybridized carbons (Fsp3) is 0.577. The molecule has 1 aliphatic carbocycles. The summed E-state index contributed by atoms with van der Waals surface area (Å²) in [6.07, 6.45) is 5.81. The molecule has 0 bridgehead atoms. The van der Waals surface area contributed by atoms with Gasteiger partial charge in [0.2, 0.25) is 0 Å². The van der Waals surface area contributed by atoms with E-state index >= 15 is 0 Å². The number of tetrazole rings is 1. The van der Waals surface area contributed by atoms with E-state index in [1.54, 1.807) is 0 Å². The van der Waals surface area contributed by atoms with Crippen molar-refractivity contribution in [2.24, 2.45) is 5.41 Å². The molecule has 2 aliphatic heterocycles. The van der Waals surface area contributed by atoms with Crippen LogP contribution in [-0.2, 0) is 27.4 Å². The van der Waals surface area contributed by atoms with Crippen molar-refractivity contribution >= 4 is 12.3 Å². The highest BCUT2D eigenvalue weighted by Gasteiger charge is 2.37.